The van der Waals surface area contributed by atoms with E-state index < -0.39 is 0 Å². The molecule has 1 aromatic heterocycles. The van der Waals surface area contributed by atoms with Crippen molar-refractivity contribution in [3.05, 3.63) is 39.5 Å². The van der Waals surface area contributed by atoms with Crippen molar-refractivity contribution in [2.24, 2.45) is 0 Å². The fourth-order valence-electron chi connectivity index (χ4n) is 2.18. The van der Waals surface area contributed by atoms with Crippen LogP contribution in [-0.2, 0) is 0 Å². The molecule has 0 radical (unpaired) electrons. The van der Waals surface area contributed by atoms with E-state index in [4.69, 9.17) is 0 Å². The Labute approximate surface area is 111 Å². The van der Waals surface area contributed by atoms with E-state index in [2.05, 4.69) is 10.3 Å². The first-order chi connectivity index (χ1) is 9.06. The van der Waals surface area contributed by atoms with Crippen LogP contribution in [0.3, 0.4) is 0 Å². The molecule has 0 bridgehead atoms. The van der Waals surface area contributed by atoms with Gasteiger partial charge in [-0.05, 0) is 31.9 Å². The summed E-state index contributed by atoms with van der Waals surface area (Å²) in [6.45, 7) is 6.11. The van der Waals surface area contributed by atoms with Gasteiger partial charge in [-0.2, -0.15) is 0 Å². The summed E-state index contributed by atoms with van der Waals surface area (Å²) in [5, 5.41) is 3.69. The van der Waals surface area contributed by atoms with E-state index in [1.165, 1.54) is 6.92 Å². The predicted octanol–water partition coefficient (Wildman–Crippen LogP) is 2.86. The van der Waals surface area contributed by atoms with Gasteiger partial charge in [-0.25, -0.2) is 0 Å². The molecule has 0 fully saturated rings. The van der Waals surface area contributed by atoms with E-state index in [0.717, 1.165) is 17.5 Å². The van der Waals surface area contributed by atoms with Crippen molar-refractivity contribution in [2.45, 2.75) is 27.2 Å². The van der Waals surface area contributed by atoms with E-state index in [1.54, 1.807) is 6.07 Å². The number of ketones is 1. The maximum atomic E-state index is 12.4. The third-order valence-corrected chi connectivity index (χ3v) is 3.15. The first-order valence-corrected chi connectivity index (χ1v) is 6.46. The Morgan fingerprint density at radius 3 is 2.74 bits per heavy atom. The molecule has 0 amide bonds. The average molecular weight is 258 g/mol. The molecular weight excluding hydrogens is 240 g/mol. The minimum absolute atomic E-state index is 0.205. The summed E-state index contributed by atoms with van der Waals surface area (Å²) in [7, 11) is 0. The van der Waals surface area contributed by atoms with E-state index >= 15 is 0 Å². The monoisotopic (exact) mass is 258 g/mol. The van der Waals surface area contributed by atoms with Crippen molar-refractivity contribution in [3.63, 3.8) is 0 Å². The van der Waals surface area contributed by atoms with Crippen molar-refractivity contribution in [1.29, 1.82) is 0 Å². The average Bonchev–Trinajstić information content (AvgIpc) is 2.37. The summed E-state index contributed by atoms with van der Waals surface area (Å²) in [5.41, 5.74) is 1.79. The first kappa shape index (κ1) is 13.3. The summed E-state index contributed by atoms with van der Waals surface area (Å²) < 4.78 is 0. The number of aromatic amines is 1. The van der Waals surface area contributed by atoms with Gasteiger partial charge in [0.15, 0.2) is 5.78 Å². The van der Waals surface area contributed by atoms with Gasteiger partial charge in [0, 0.05) is 11.9 Å². The lowest BCUT2D eigenvalue weighted by atomic mass is 10.1. The van der Waals surface area contributed by atoms with Crippen LogP contribution in [0.4, 0.5) is 5.82 Å². The van der Waals surface area contributed by atoms with E-state index in [1.807, 2.05) is 26.0 Å². The molecule has 2 N–H and O–H groups in total. The van der Waals surface area contributed by atoms with Crippen molar-refractivity contribution >= 4 is 22.5 Å². The lowest BCUT2D eigenvalue weighted by molar-refractivity contribution is 0.101. The normalized spacial score (nSPS) is 10.7. The van der Waals surface area contributed by atoms with Crippen molar-refractivity contribution < 1.29 is 4.79 Å². The minimum Gasteiger partial charge on any atom is -0.371 e. The van der Waals surface area contributed by atoms with Gasteiger partial charge in [-0.3, -0.25) is 9.59 Å². The third-order valence-electron chi connectivity index (χ3n) is 3.15. The molecular formula is C15H18N2O2. The molecule has 0 saturated heterocycles. The Kier molecular flexibility index (Phi) is 3.69. The number of Topliss-reactive ketones (excluding diaryl/α,β-unsaturated/α-hetero) is 1. The highest BCUT2D eigenvalue weighted by atomic mass is 16.1. The van der Waals surface area contributed by atoms with Gasteiger partial charge in [0.25, 0.3) is 0 Å². The van der Waals surface area contributed by atoms with Crippen LogP contribution < -0.4 is 10.7 Å². The number of aryl methyl sites for hydroxylation is 1. The summed E-state index contributed by atoms with van der Waals surface area (Å²) >= 11 is 0. The maximum absolute atomic E-state index is 12.4. The van der Waals surface area contributed by atoms with Gasteiger partial charge in [-0.1, -0.05) is 19.1 Å². The molecule has 2 rings (SSSR count). The second kappa shape index (κ2) is 5.26. The number of anilines is 1. The zero-order chi connectivity index (χ0) is 14.0. The molecule has 1 heterocycles. The number of hydrogen-bond acceptors (Lipinski definition) is 3. The molecule has 0 atom stereocenters. The molecule has 2 aromatic rings. The SMILES string of the molecule is CCCNc1[nH]c2c(C)cccc2c(=O)c1C(C)=O. The summed E-state index contributed by atoms with van der Waals surface area (Å²) in [6, 6.07) is 5.52. The highest BCUT2D eigenvalue weighted by Gasteiger charge is 2.16. The van der Waals surface area contributed by atoms with Gasteiger partial charge in [-0.15, -0.1) is 0 Å². The molecule has 4 nitrogen and oxygen atoms in total. The lowest BCUT2D eigenvalue weighted by Crippen LogP contribution is -2.19. The molecule has 0 saturated carbocycles. The smallest absolute Gasteiger partial charge is 0.202 e. The highest BCUT2D eigenvalue weighted by Crippen LogP contribution is 2.19. The van der Waals surface area contributed by atoms with Crippen molar-refractivity contribution in [1.82, 2.24) is 4.98 Å². The molecule has 0 unspecified atom stereocenters. The summed E-state index contributed by atoms with van der Waals surface area (Å²) in [6.07, 6.45) is 0.922. The number of hydrogen-bond donors (Lipinski definition) is 2. The van der Waals surface area contributed by atoms with Crippen LogP contribution in [0.1, 0.15) is 36.2 Å². The predicted molar refractivity (Wildman–Crippen MR) is 78.1 cm³/mol. The van der Waals surface area contributed by atoms with E-state index in [9.17, 15) is 9.59 Å². The number of para-hydroxylation sites is 1. The van der Waals surface area contributed by atoms with Crippen molar-refractivity contribution in [3.8, 4) is 0 Å². The fraction of sp³-hybridized carbons (Fsp3) is 0.333. The van der Waals surface area contributed by atoms with Crippen LogP contribution in [0, 0.1) is 6.92 Å². The van der Waals surface area contributed by atoms with E-state index in [-0.39, 0.29) is 16.8 Å². The number of H-pyrrole nitrogens is 1. The quantitative estimate of drug-likeness (QED) is 0.829. The molecule has 100 valence electrons. The number of aromatic nitrogens is 1. The van der Waals surface area contributed by atoms with Crippen LogP contribution in [0.2, 0.25) is 0 Å². The highest BCUT2D eigenvalue weighted by molar-refractivity contribution is 6.02. The van der Waals surface area contributed by atoms with Gasteiger partial charge in [0.1, 0.15) is 11.4 Å². The zero-order valence-corrected chi connectivity index (χ0v) is 11.5. The van der Waals surface area contributed by atoms with Crippen LogP contribution in [0.15, 0.2) is 23.0 Å². The van der Waals surface area contributed by atoms with Gasteiger partial charge < -0.3 is 10.3 Å². The summed E-state index contributed by atoms with van der Waals surface area (Å²) in [5.74, 6) is 0.310. The molecule has 4 heteroatoms. The maximum Gasteiger partial charge on any atom is 0.202 e. The van der Waals surface area contributed by atoms with Gasteiger partial charge in [0.05, 0.1) is 5.52 Å². The molecule has 0 spiro atoms. The number of rotatable bonds is 4. The number of carbonyl (C=O) groups is 1. The van der Waals surface area contributed by atoms with Gasteiger partial charge >= 0.3 is 0 Å². The zero-order valence-electron chi connectivity index (χ0n) is 11.5. The van der Waals surface area contributed by atoms with Crippen LogP contribution >= 0.6 is 0 Å². The number of fused-ring (bicyclic) bond motifs is 1. The standard InChI is InChI=1S/C15H18N2O2/c1-4-8-16-15-12(10(3)18)14(19)11-7-5-6-9(2)13(11)17-15/h5-7H,4,8H2,1-3H3,(H2,16,17,19). The number of pyridine rings is 1. The number of nitrogens with one attached hydrogen (secondary N) is 2. The number of benzene rings is 1. The van der Waals surface area contributed by atoms with E-state index in [0.29, 0.717) is 17.7 Å². The number of carbonyl (C=O) groups excluding carboxylic acids is 1. The van der Waals surface area contributed by atoms with Gasteiger partial charge in [0.2, 0.25) is 5.43 Å². The molecule has 0 aliphatic carbocycles. The lowest BCUT2D eigenvalue weighted by Gasteiger charge is -2.12. The molecule has 0 aliphatic heterocycles. The minimum atomic E-state index is -0.219. The molecule has 0 aliphatic rings. The first-order valence-electron chi connectivity index (χ1n) is 6.46. The Morgan fingerprint density at radius 1 is 1.37 bits per heavy atom. The summed E-state index contributed by atoms with van der Waals surface area (Å²) in [4.78, 5) is 27.3. The van der Waals surface area contributed by atoms with Crippen LogP contribution in [0.5, 0.6) is 0 Å². The largest absolute Gasteiger partial charge is 0.371 e. The Balaban J connectivity index is 2.78. The fourth-order valence-corrected chi connectivity index (χ4v) is 2.18. The van der Waals surface area contributed by atoms with Crippen LogP contribution in [0.25, 0.3) is 10.9 Å². The topological polar surface area (TPSA) is 62.0 Å². The second-order valence-electron chi connectivity index (χ2n) is 4.68. The Hall–Kier alpha value is -2.10. The van der Waals surface area contributed by atoms with Crippen LogP contribution in [-0.4, -0.2) is 17.3 Å². The Bertz CT molecular complexity index is 686. The molecule has 1 aromatic carbocycles. The third kappa shape index (κ3) is 2.38. The Morgan fingerprint density at radius 2 is 2.11 bits per heavy atom. The molecule has 19 heavy (non-hydrogen) atoms. The van der Waals surface area contributed by atoms with Crippen molar-refractivity contribution in [2.75, 3.05) is 11.9 Å². The second-order valence-corrected chi connectivity index (χ2v) is 4.68.